The quantitative estimate of drug-likeness (QED) is 0.144. The number of furan rings is 1. The molecule has 5 heteroatoms. The van der Waals surface area contributed by atoms with Crippen LogP contribution < -0.4 is 0 Å². The van der Waals surface area contributed by atoms with Crippen molar-refractivity contribution in [2.75, 3.05) is 0 Å². The smallest absolute Gasteiger partial charge is 0.161 e. The largest absolute Gasteiger partial charge is 0.455 e. The van der Waals surface area contributed by atoms with Gasteiger partial charge in [0.15, 0.2) is 11.7 Å². The fourth-order valence-corrected chi connectivity index (χ4v) is 6.26. The van der Waals surface area contributed by atoms with E-state index in [2.05, 4.69) is 120 Å². The Kier molecular flexibility index (Phi) is 6.84. The highest BCUT2D eigenvalue weighted by Gasteiger charge is 2.16. The second-order valence-electron chi connectivity index (χ2n) is 11.4. The molecule has 0 saturated carbocycles. The molecule has 2 aromatic heterocycles. The highest BCUT2D eigenvalue weighted by Crippen LogP contribution is 2.38. The van der Waals surface area contributed by atoms with E-state index in [4.69, 9.17) is 14.4 Å². The number of fused-ring (bicyclic) bond motifs is 6. The topological polar surface area (TPSA) is 55.1 Å². The maximum absolute atomic E-state index is 6.38. The predicted molar refractivity (Wildman–Crippen MR) is 192 cm³/mol. The highest BCUT2D eigenvalue weighted by molar-refractivity contribution is 6.14. The fourth-order valence-electron chi connectivity index (χ4n) is 6.26. The molecule has 0 spiro atoms. The van der Waals surface area contributed by atoms with Crippen molar-refractivity contribution in [3.8, 4) is 11.1 Å². The number of rotatable bonds is 5. The summed E-state index contributed by atoms with van der Waals surface area (Å²) in [5.74, 6) is 1.14. The van der Waals surface area contributed by atoms with Crippen LogP contribution in [0.1, 0.15) is 16.7 Å². The second kappa shape index (κ2) is 11.5. The van der Waals surface area contributed by atoms with Crippen molar-refractivity contribution in [2.45, 2.75) is 13.6 Å². The average molecular weight is 595 g/mol. The van der Waals surface area contributed by atoms with Crippen LogP contribution in [0.2, 0.25) is 0 Å². The lowest BCUT2D eigenvalue weighted by Gasteiger charge is -2.09. The number of amidine groups is 2. The summed E-state index contributed by atoms with van der Waals surface area (Å²) in [6, 6.07) is 47.9. The molecular weight excluding hydrogens is 564 g/mol. The van der Waals surface area contributed by atoms with E-state index in [1.807, 2.05) is 42.5 Å². The van der Waals surface area contributed by atoms with E-state index in [1.54, 1.807) is 0 Å². The Morgan fingerprint density at radius 1 is 0.630 bits per heavy atom. The summed E-state index contributed by atoms with van der Waals surface area (Å²) in [5.41, 5.74) is 9.18. The van der Waals surface area contributed by atoms with E-state index in [9.17, 15) is 0 Å². The maximum atomic E-state index is 6.38. The monoisotopic (exact) mass is 594 g/mol. The number of para-hydroxylation sites is 3. The first-order valence-electron chi connectivity index (χ1n) is 15.3. The van der Waals surface area contributed by atoms with Crippen molar-refractivity contribution in [1.82, 2.24) is 4.57 Å². The Hall–Kier alpha value is -6.07. The minimum atomic E-state index is 0.383. The Morgan fingerprint density at radius 2 is 1.33 bits per heavy atom. The van der Waals surface area contributed by atoms with Gasteiger partial charge >= 0.3 is 0 Å². The van der Waals surface area contributed by atoms with Gasteiger partial charge in [-0.25, -0.2) is 15.0 Å². The number of hydrogen-bond donors (Lipinski definition) is 0. The van der Waals surface area contributed by atoms with Gasteiger partial charge in [0.2, 0.25) is 0 Å². The van der Waals surface area contributed by atoms with Crippen molar-refractivity contribution in [2.24, 2.45) is 15.0 Å². The number of aliphatic imine (C=N–C) groups is 3. The van der Waals surface area contributed by atoms with Crippen molar-refractivity contribution < 1.29 is 4.42 Å². The summed E-state index contributed by atoms with van der Waals surface area (Å²) in [4.78, 5) is 14.3. The molecule has 0 saturated heterocycles. The normalized spacial score (nSPS) is 12.5. The molecule has 0 unspecified atom stereocenters. The van der Waals surface area contributed by atoms with Gasteiger partial charge in [0.05, 0.1) is 11.0 Å². The lowest BCUT2D eigenvalue weighted by atomic mass is 10.0. The summed E-state index contributed by atoms with van der Waals surface area (Å²) in [5, 5.41) is 4.58. The van der Waals surface area contributed by atoms with E-state index < -0.39 is 0 Å². The van der Waals surface area contributed by atoms with E-state index in [0.29, 0.717) is 18.3 Å². The van der Waals surface area contributed by atoms with Crippen molar-refractivity contribution in [3.05, 3.63) is 156 Å². The van der Waals surface area contributed by atoms with Gasteiger partial charge in [0.1, 0.15) is 17.8 Å². The molecule has 8 aromatic rings. The molecule has 0 aliphatic carbocycles. The van der Waals surface area contributed by atoms with E-state index in [0.717, 1.165) is 60.6 Å². The Morgan fingerprint density at radius 3 is 2.15 bits per heavy atom. The van der Waals surface area contributed by atoms with Gasteiger partial charge in [0.25, 0.3) is 0 Å². The molecular formula is C41H30N4O. The van der Waals surface area contributed by atoms with Crippen LogP contribution in [0.5, 0.6) is 0 Å². The van der Waals surface area contributed by atoms with Crippen molar-refractivity contribution in [1.29, 1.82) is 0 Å². The molecule has 6 aromatic carbocycles. The van der Waals surface area contributed by atoms with E-state index in [-0.39, 0.29) is 0 Å². The first-order valence-corrected chi connectivity index (χ1v) is 15.3. The second-order valence-corrected chi connectivity index (χ2v) is 11.4. The molecule has 0 aliphatic rings. The summed E-state index contributed by atoms with van der Waals surface area (Å²) < 4.78 is 8.64. The summed E-state index contributed by atoms with van der Waals surface area (Å²) >= 11 is 0. The molecule has 46 heavy (non-hydrogen) atoms. The molecule has 0 fully saturated rings. The number of aryl methyl sites for hydroxylation is 1. The molecule has 0 N–H and O–H groups in total. The number of benzene rings is 6. The van der Waals surface area contributed by atoms with Crippen LogP contribution in [-0.2, 0) is 6.67 Å². The third-order valence-corrected chi connectivity index (χ3v) is 8.55. The van der Waals surface area contributed by atoms with Crippen LogP contribution in [-0.4, -0.2) is 23.0 Å². The zero-order valence-corrected chi connectivity index (χ0v) is 25.4. The third-order valence-electron chi connectivity index (χ3n) is 8.55. The predicted octanol–water partition coefficient (Wildman–Crippen LogP) is 10.2. The standard InChI is InChI=1S/C41H30N4O/c1-27-19-21-29(22-20-27)41(44-40(42-2)28-11-4-3-5-12-28)43-26-45-36-17-8-6-13-32(36)35-25-30(23-24-37(35)45)31-15-10-16-34-33-14-7-9-18-38(33)46-39(31)34/h3-25H,2,26H2,1H3. The molecule has 8 rings (SSSR count). The van der Waals surface area contributed by atoms with Crippen LogP contribution in [0.15, 0.2) is 159 Å². The summed E-state index contributed by atoms with van der Waals surface area (Å²) in [6.07, 6.45) is 0. The zero-order chi connectivity index (χ0) is 31.0. The van der Waals surface area contributed by atoms with Gasteiger partial charge in [-0.2, -0.15) is 0 Å². The average Bonchev–Trinajstić information content (AvgIpc) is 3.65. The van der Waals surface area contributed by atoms with Gasteiger partial charge in [-0.3, -0.25) is 0 Å². The maximum Gasteiger partial charge on any atom is 0.161 e. The van der Waals surface area contributed by atoms with Gasteiger partial charge < -0.3 is 8.98 Å². The molecule has 220 valence electrons. The minimum absolute atomic E-state index is 0.383. The third kappa shape index (κ3) is 4.79. The SMILES string of the molecule is C=NC(=NC(=NCn1c2ccccc2c2cc(-c3cccc4c3oc3ccccc34)ccc21)c1ccc(C)cc1)c1ccccc1. The van der Waals surface area contributed by atoms with Crippen molar-refractivity contribution in [3.63, 3.8) is 0 Å². The van der Waals surface area contributed by atoms with Gasteiger partial charge in [-0.05, 0) is 43.5 Å². The first kappa shape index (κ1) is 27.5. The van der Waals surface area contributed by atoms with Gasteiger partial charge in [0, 0.05) is 38.2 Å². The lowest BCUT2D eigenvalue weighted by molar-refractivity contribution is 0.670. The van der Waals surface area contributed by atoms with Crippen LogP contribution in [0.3, 0.4) is 0 Å². The van der Waals surface area contributed by atoms with E-state index >= 15 is 0 Å². The first-order chi connectivity index (χ1) is 22.7. The molecule has 0 bridgehead atoms. The highest BCUT2D eigenvalue weighted by atomic mass is 16.3. The Balaban J connectivity index is 1.27. The molecule has 0 radical (unpaired) electrons. The molecule has 2 heterocycles. The number of hydrogen-bond acceptors (Lipinski definition) is 2. The van der Waals surface area contributed by atoms with Crippen LogP contribution in [0.25, 0.3) is 54.9 Å². The Labute approximate surface area is 266 Å². The number of nitrogens with zero attached hydrogens (tertiary/aromatic N) is 4. The van der Waals surface area contributed by atoms with Crippen LogP contribution in [0.4, 0.5) is 0 Å². The van der Waals surface area contributed by atoms with E-state index in [1.165, 1.54) is 10.9 Å². The van der Waals surface area contributed by atoms with Gasteiger partial charge in [-0.15, -0.1) is 0 Å². The molecule has 0 aliphatic heterocycles. The summed E-state index contributed by atoms with van der Waals surface area (Å²) in [7, 11) is 0. The van der Waals surface area contributed by atoms with Crippen LogP contribution in [0, 0.1) is 6.92 Å². The lowest BCUT2D eigenvalue weighted by Crippen LogP contribution is -2.07. The van der Waals surface area contributed by atoms with Crippen molar-refractivity contribution >= 4 is 62.1 Å². The van der Waals surface area contributed by atoms with Crippen LogP contribution >= 0.6 is 0 Å². The molecule has 5 nitrogen and oxygen atoms in total. The zero-order valence-electron chi connectivity index (χ0n) is 25.4. The molecule has 0 atom stereocenters. The number of aromatic nitrogens is 1. The summed E-state index contributed by atoms with van der Waals surface area (Å²) in [6.45, 7) is 6.27. The minimum Gasteiger partial charge on any atom is -0.455 e. The fraction of sp³-hybridized carbons (Fsp3) is 0.0488. The van der Waals surface area contributed by atoms with Gasteiger partial charge in [-0.1, -0.05) is 121 Å². The molecule has 0 amide bonds. The Bertz CT molecular complexity index is 2460.